The summed E-state index contributed by atoms with van der Waals surface area (Å²) in [5.74, 6) is -1.72. The van der Waals surface area contributed by atoms with Gasteiger partial charge < -0.3 is 10.5 Å². The monoisotopic (exact) mass is 312 g/mol. The number of sulfone groups is 1. The van der Waals surface area contributed by atoms with Crippen LogP contribution in [0, 0.1) is 0 Å². The molecule has 1 unspecified atom stereocenters. The van der Waals surface area contributed by atoms with Crippen molar-refractivity contribution in [2.75, 3.05) is 12.9 Å². The predicted molar refractivity (Wildman–Crippen MR) is 70.1 cm³/mol. The van der Waals surface area contributed by atoms with E-state index in [-0.39, 0.29) is 17.1 Å². The molecule has 1 aliphatic heterocycles. The van der Waals surface area contributed by atoms with Crippen molar-refractivity contribution >= 4 is 27.7 Å². The van der Waals surface area contributed by atoms with Crippen LogP contribution >= 0.6 is 0 Å². The number of nitrogens with two attached hydrogens (primary N) is 1. The van der Waals surface area contributed by atoms with Crippen LogP contribution in [0.25, 0.3) is 0 Å². The Morgan fingerprint density at radius 2 is 2.05 bits per heavy atom. The molecular weight excluding hydrogens is 300 g/mol. The number of carbonyl (C=O) groups excluding carboxylic acids is 3. The van der Waals surface area contributed by atoms with Crippen LogP contribution in [-0.2, 0) is 19.4 Å². The maximum absolute atomic E-state index is 12.3. The van der Waals surface area contributed by atoms with E-state index in [4.69, 9.17) is 5.73 Å². The number of hydrogen-bond acceptors (Lipinski definition) is 6. The van der Waals surface area contributed by atoms with E-state index in [1.165, 1.54) is 18.2 Å². The summed E-state index contributed by atoms with van der Waals surface area (Å²) in [5.41, 5.74) is 5.05. The average molecular weight is 312 g/mol. The van der Waals surface area contributed by atoms with E-state index in [9.17, 15) is 22.8 Å². The molecule has 1 aromatic carbocycles. The van der Waals surface area contributed by atoms with Crippen molar-refractivity contribution < 1.29 is 27.5 Å². The first-order valence-electron chi connectivity index (χ1n) is 5.81. The van der Waals surface area contributed by atoms with Crippen LogP contribution in [0.3, 0.4) is 0 Å². The Hall–Kier alpha value is -2.42. The number of imide groups is 1. The summed E-state index contributed by atoms with van der Waals surface area (Å²) in [6.45, 7) is -0.314. The summed E-state index contributed by atoms with van der Waals surface area (Å²) in [6, 6.07) is 3.94. The fraction of sp³-hybridized carbons (Fsp3) is 0.250. The molecule has 1 saturated heterocycles. The van der Waals surface area contributed by atoms with Gasteiger partial charge in [-0.15, -0.1) is 0 Å². The lowest BCUT2D eigenvalue weighted by atomic mass is 10.1. The van der Waals surface area contributed by atoms with Crippen molar-refractivity contribution in [1.82, 2.24) is 4.90 Å². The molecule has 2 N–H and O–H groups in total. The zero-order valence-corrected chi connectivity index (χ0v) is 11.8. The van der Waals surface area contributed by atoms with Crippen LogP contribution < -0.4 is 5.73 Å². The van der Waals surface area contributed by atoms with Crippen molar-refractivity contribution in [3.63, 3.8) is 0 Å². The van der Waals surface area contributed by atoms with Gasteiger partial charge >= 0.3 is 6.09 Å². The van der Waals surface area contributed by atoms with Gasteiger partial charge in [-0.05, 0) is 18.2 Å². The SMILES string of the molecule is CS(=O)(=O)c1cccc(C(=O)N2C(=O)OCC2C(N)=O)c1. The van der Waals surface area contributed by atoms with Crippen LogP contribution in [0.4, 0.5) is 4.79 Å². The first kappa shape index (κ1) is 15.0. The number of carbonyl (C=O) groups is 3. The third-order valence-electron chi connectivity index (χ3n) is 2.93. The molecule has 1 heterocycles. The van der Waals surface area contributed by atoms with Gasteiger partial charge in [0.2, 0.25) is 5.91 Å². The van der Waals surface area contributed by atoms with E-state index in [1.807, 2.05) is 0 Å². The topological polar surface area (TPSA) is 124 Å². The number of primary amides is 1. The number of rotatable bonds is 3. The van der Waals surface area contributed by atoms with Gasteiger partial charge in [0.25, 0.3) is 5.91 Å². The zero-order valence-electron chi connectivity index (χ0n) is 11.0. The summed E-state index contributed by atoms with van der Waals surface area (Å²) >= 11 is 0. The van der Waals surface area contributed by atoms with Crippen molar-refractivity contribution in [3.05, 3.63) is 29.8 Å². The molecule has 0 aromatic heterocycles. The van der Waals surface area contributed by atoms with E-state index in [2.05, 4.69) is 4.74 Å². The van der Waals surface area contributed by atoms with Crippen molar-refractivity contribution in [2.45, 2.75) is 10.9 Å². The summed E-state index contributed by atoms with van der Waals surface area (Å²) in [6.07, 6.45) is 0.000902. The third kappa shape index (κ3) is 2.87. The maximum Gasteiger partial charge on any atom is 0.417 e. The number of nitrogens with zero attached hydrogens (tertiary/aromatic N) is 1. The highest BCUT2D eigenvalue weighted by molar-refractivity contribution is 7.90. The number of cyclic esters (lactones) is 1. The van der Waals surface area contributed by atoms with Crippen LogP contribution in [0.15, 0.2) is 29.2 Å². The van der Waals surface area contributed by atoms with Crippen LogP contribution in [0.2, 0.25) is 0 Å². The molecule has 1 aromatic rings. The first-order valence-corrected chi connectivity index (χ1v) is 7.70. The fourth-order valence-corrected chi connectivity index (χ4v) is 2.52. The van der Waals surface area contributed by atoms with E-state index in [0.717, 1.165) is 12.3 Å². The van der Waals surface area contributed by atoms with E-state index in [0.29, 0.717) is 4.90 Å². The van der Waals surface area contributed by atoms with Gasteiger partial charge in [-0.25, -0.2) is 18.1 Å². The van der Waals surface area contributed by atoms with Gasteiger partial charge in [-0.3, -0.25) is 9.59 Å². The predicted octanol–water partition coefficient (Wildman–Crippen LogP) is -0.464. The van der Waals surface area contributed by atoms with Gasteiger partial charge in [-0.1, -0.05) is 6.07 Å². The van der Waals surface area contributed by atoms with E-state index >= 15 is 0 Å². The minimum Gasteiger partial charge on any atom is -0.446 e. The molecule has 8 nitrogen and oxygen atoms in total. The number of hydrogen-bond donors (Lipinski definition) is 1. The minimum absolute atomic E-state index is 0.0528. The van der Waals surface area contributed by atoms with Crippen LogP contribution in [0.5, 0.6) is 0 Å². The number of amides is 3. The zero-order chi connectivity index (χ0) is 15.8. The molecule has 0 spiro atoms. The smallest absolute Gasteiger partial charge is 0.417 e. The Morgan fingerprint density at radius 1 is 1.38 bits per heavy atom. The Balaban J connectivity index is 2.40. The molecule has 0 bridgehead atoms. The third-order valence-corrected chi connectivity index (χ3v) is 4.04. The highest BCUT2D eigenvalue weighted by Gasteiger charge is 2.41. The molecule has 0 radical (unpaired) electrons. The quantitative estimate of drug-likeness (QED) is 0.805. The highest BCUT2D eigenvalue weighted by atomic mass is 32.2. The Labute approximate surface area is 120 Å². The van der Waals surface area contributed by atoms with Gasteiger partial charge in [0.15, 0.2) is 15.9 Å². The molecule has 21 heavy (non-hydrogen) atoms. The number of benzene rings is 1. The molecular formula is C12H12N2O6S. The van der Waals surface area contributed by atoms with Gasteiger partial charge in [0.05, 0.1) is 4.90 Å². The van der Waals surface area contributed by atoms with Crippen LogP contribution in [0.1, 0.15) is 10.4 Å². The van der Waals surface area contributed by atoms with Crippen molar-refractivity contribution in [3.8, 4) is 0 Å². The fourth-order valence-electron chi connectivity index (χ4n) is 1.85. The summed E-state index contributed by atoms with van der Waals surface area (Å²) in [7, 11) is -3.50. The van der Waals surface area contributed by atoms with E-state index < -0.39 is 33.8 Å². The van der Waals surface area contributed by atoms with Gasteiger partial charge in [-0.2, -0.15) is 0 Å². The lowest BCUT2D eigenvalue weighted by Gasteiger charge is -2.17. The maximum atomic E-state index is 12.3. The Kier molecular flexibility index (Phi) is 3.69. The van der Waals surface area contributed by atoms with E-state index in [1.54, 1.807) is 0 Å². The molecule has 1 atom stereocenters. The Morgan fingerprint density at radius 3 is 2.62 bits per heavy atom. The first-order chi connectivity index (χ1) is 9.71. The Bertz CT molecular complexity index is 727. The second-order valence-electron chi connectivity index (χ2n) is 4.47. The van der Waals surface area contributed by atoms with Gasteiger partial charge in [0, 0.05) is 11.8 Å². The molecule has 2 rings (SSSR count). The summed E-state index contributed by atoms with van der Waals surface area (Å²) in [4.78, 5) is 35.6. The minimum atomic E-state index is -3.50. The van der Waals surface area contributed by atoms with Crippen molar-refractivity contribution in [1.29, 1.82) is 0 Å². The molecule has 9 heteroatoms. The largest absolute Gasteiger partial charge is 0.446 e. The lowest BCUT2D eigenvalue weighted by molar-refractivity contribution is -0.121. The second-order valence-corrected chi connectivity index (χ2v) is 6.49. The molecule has 112 valence electrons. The highest BCUT2D eigenvalue weighted by Crippen LogP contribution is 2.18. The molecule has 0 aliphatic carbocycles. The molecule has 3 amide bonds. The molecule has 1 aliphatic rings. The normalized spacial score (nSPS) is 18.4. The van der Waals surface area contributed by atoms with Crippen molar-refractivity contribution in [2.24, 2.45) is 5.73 Å². The standard InChI is InChI=1S/C12H12N2O6S/c1-21(18,19)8-4-2-3-7(5-8)11(16)14-9(10(13)15)6-20-12(14)17/h2-5,9H,6H2,1H3,(H2,13,15). The van der Waals surface area contributed by atoms with Gasteiger partial charge in [0.1, 0.15) is 6.61 Å². The number of ether oxygens (including phenoxy) is 1. The molecule has 1 fully saturated rings. The van der Waals surface area contributed by atoms with Crippen LogP contribution in [-0.4, -0.2) is 50.1 Å². The summed E-state index contributed by atoms with van der Waals surface area (Å²) < 4.78 is 27.6. The lowest BCUT2D eigenvalue weighted by Crippen LogP contribution is -2.46. The summed E-state index contributed by atoms with van der Waals surface area (Å²) in [5, 5.41) is 0. The second kappa shape index (κ2) is 5.17. The average Bonchev–Trinajstić information content (AvgIpc) is 2.79. The molecule has 0 saturated carbocycles.